The fraction of sp³-hybridized carbons (Fsp3) is 0.238. The minimum absolute atomic E-state index is 0.00758. The first-order chi connectivity index (χ1) is 13.1. The average Bonchev–Trinajstić information content (AvgIpc) is 3.16. The molecule has 27 heavy (non-hydrogen) atoms. The molecule has 1 unspecified atom stereocenters. The number of carbonyl (C=O) groups excluding carboxylic acids is 1. The predicted octanol–water partition coefficient (Wildman–Crippen LogP) is 4.20. The molecule has 4 aromatic rings. The Morgan fingerprint density at radius 2 is 2.22 bits per heavy atom. The lowest BCUT2D eigenvalue weighted by molar-refractivity contribution is -0.123. The fourth-order valence-electron chi connectivity index (χ4n) is 3.65. The molecule has 1 aromatic carbocycles. The molecular formula is C21H18FN3O2. The highest BCUT2D eigenvalue weighted by Gasteiger charge is 2.46. The number of benzene rings is 1. The zero-order valence-corrected chi connectivity index (χ0v) is 14.7. The molecule has 0 radical (unpaired) electrons. The van der Waals surface area contributed by atoms with Gasteiger partial charge < -0.3 is 14.1 Å². The second-order valence-corrected chi connectivity index (χ2v) is 7.12. The van der Waals surface area contributed by atoms with Crippen molar-refractivity contribution >= 4 is 22.4 Å². The lowest BCUT2D eigenvalue weighted by atomic mass is 10.2. The molecule has 5 nitrogen and oxygen atoms in total. The van der Waals surface area contributed by atoms with Gasteiger partial charge in [0.2, 0.25) is 5.91 Å². The maximum Gasteiger partial charge on any atom is 0.224 e. The molecule has 3 aromatic heterocycles. The summed E-state index contributed by atoms with van der Waals surface area (Å²) in [4.78, 5) is 17.1. The number of imidazole rings is 1. The number of fused-ring (bicyclic) bond motifs is 2. The van der Waals surface area contributed by atoms with Gasteiger partial charge in [0.05, 0.1) is 17.8 Å². The second kappa shape index (κ2) is 5.94. The van der Waals surface area contributed by atoms with E-state index in [2.05, 4.69) is 10.3 Å². The number of hydrogen-bond acceptors (Lipinski definition) is 3. The molecule has 1 aliphatic rings. The summed E-state index contributed by atoms with van der Waals surface area (Å²) in [5, 5.41) is 3.70. The number of carbonyl (C=O) groups is 1. The van der Waals surface area contributed by atoms with E-state index in [9.17, 15) is 9.18 Å². The quantitative estimate of drug-likeness (QED) is 0.591. The van der Waals surface area contributed by atoms with E-state index in [0.29, 0.717) is 16.7 Å². The molecule has 1 amide bonds. The monoisotopic (exact) mass is 363 g/mol. The largest absolute Gasteiger partial charge is 0.459 e. The molecule has 1 saturated carbocycles. The van der Waals surface area contributed by atoms with Gasteiger partial charge in [-0.15, -0.1) is 0 Å². The number of amides is 1. The summed E-state index contributed by atoms with van der Waals surface area (Å²) in [5.74, 6) is 1.28. The molecule has 0 aliphatic heterocycles. The van der Waals surface area contributed by atoms with E-state index in [1.807, 2.05) is 41.9 Å². The minimum atomic E-state index is -0.306. The molecule has 1 aliphatic carbocycles. The molecule has 136 valence electrons. The van der Waals surface area contributed by atoms with Crippen molar-refractivity contribution in [2.24, 2.45) is 5.92 Å². The minimum Gasteiger partial charge on any atom is -0.459 e. The van der Waals surface area contributed by atoms with Crippen molar-refractivity contribution in [2.45, 2.75) is 25.3 Å². The van der Waals surface area contributed by atoms with Crippen molar-refractivity contribution in [3.63, 3.8) is 0 Å². The lowest BCUT2D eigenvalue weighted by Gasteiger charge is -2.11. The molecule has 1 fully saturated rings. The van der Waals surface area contributed by atoms with Gasteiger partial charge in [-0.1, -0.05) is 6.07 Å². The number of nitrogens with zero attached hydrogens (tertiary/aromatic N) is 2. The number of nitrogens with one attached hydrogen (secondary N) is 1. The van der Waals surface area contributed by atoms with Crippen LogP contribution in [0.15, 0.2) is 59.3 Å². The van der Waals surface area contributed by atoms with Crippen molar-refractivity contribution < 1.29 is 13.6 Å². The van der Waals surface area contributed by atoms with Gasteiger partial charge in [-0.3, -0.25) is 4.79 Å². The molecule has 1 N–H and O–H groups in total. The van der Waals surface area contributed by atoms with Crippen LogP contribution in [0.1, 0.15) is 36.9 Å². The molecular weight excluding hydrogens is 345 g/mol. The highest BCUT2D eigenvalue weighted by molar-refractivity contribution is 5.83. The van der Waals surface area contributed by atoms with Crippen molar-refractivity contribution in [1.82, 2.24) is 14.7 Å². The van der Waals surface area contributed by atoms with Crippen LogP contribution >= 0.6 is 0 Å². The predicted molar refractivity (Wildman–Crippen MR) is 98.8 cm³/mol. The van der Waals surface area contributed by atoms with Crippen LogP contribution in [0.5, 0.6) is 0 Å². The highest BCUT2D eigenvalue weighted by atomic mass is 19.1. The summed E-state index contributed by atoms with van der Waals surface area (Å²) in [6, 6.07) is 11.8. The molecule has 5 rings (SSSR count). The zero-order chi connectivity index (χ0) is 18.5. The average molecular weight is 363 g/mol. The Labute approximate surface area is 154 Å². The SMILES string of the molecule is CC(NC(=O)[C@H]1C[C@H]1c1ncc2ccccn12)c1cc2cc(F)ccc2o1. The van der Waals surface area contributed by atoms with Crippen molar-refractivity contribution in [1.29, 1.82) is 0 Å². The van der Waals surface area contributed by atoms with E-state index in [1.165, 1.54) is 12.1 Å². The van der Waals surface area contributed by atoms with Crippen LogP contribution in [0.25, 0.3) is 16.5 Å². The van der Waals surface area contributed by atoms with E-state index in [1.54, 1.807) is 12.1 Å². The Kier molecular flexibility index (Phi) is 3.53. The lowest BCUT2D eigenvalue weighted by Crippen LogP contribution is -2.28. The summed E-state index contributed by atoms with van der Waals surface area (Å²) < 4.78 is 21.1. The van der Waals surface area contributed by atoms with Crippen LogP contribution < -0.4 is 5.32 Å². The molecule has 3 heterocycles. The Morgan fingerprint density at radius 1 is 1.33 bits per heavy atom. The van der Waals surface area contributed by atoms with E-state index in [4.69, 9.17) is 4.42 Å². The first kappa shape index (κ1) is 16.1. The number of halogens is 1. The molecule has 0 bridgehead atoms. The summed E-state index contributed by atoms with van der Waals surface area (Å²) in [6.07, 6.45) is 4.60. The normalized spacial score (nSPS) is 20.1. The van der Waals surface area contributed by atoms with Gasteiger partial charge in [-0.2, -0.15) is 0 Å². The number of pyridine rings is 1. The smallest absolute Gasteiger partial charge is 0.224 e. The first-order valence-corrected chi connectivity index (χ1v) is 9.01. The van der Waals surface area contributed by atoms with E-state index in [0.717, 1.165) is 17.8 Å². The third-order valence-corrected chi connectivity index (χ3v) is 5.21. The van der Waals surface area contributed by atoms with Crippen LogP contribution in [0.2, 0.25) is 0 Å². The third kappa shape index (κ3) is 2.77. The maximum atomic E-state index is 13.3. The summed E-state index contributed by atoms with van der Waals surface area (Å²) >= 11 is 0. The highest BCUT2D eigenvalue weighted by Crippen LogP contribution is 2.47. The first-order valence-electron chi connectivity index (χ1n) is 9.01. The van der Waals surface area contributed by atoms with Gasteiger partial charge in [-0.05, 0) is 49.7 Å². The standard InChI is InChI=1S/C21H18FN3O2/c1-12(19-9-13-8-14(22)5-6-18(13)27-19)24-21(26)17-10-16(17)20-23-11-15-4-2-3-7-25(15)20/h2-9,11-12,16-17H,10H2,1H3,(H,24,26)/t12?,16-,17+/m1/s1. The van der Waals surface area contributed by atoms with E-state index >= 15 is 0 Å². The van der Waals surface area contributed by atoms with Gasteiger partial charge in [0, 0.05) is 23.4 Å². The summed E-state index contributed by atoms with van der Waals surface area (Å²) in [5.41, 5.74) is 1.64. The molecule has 3 atom stereocenters. The Bertz CT molecular complexity index is 1160. The van der Waals surface area contributed by atoms with Gasteiger partial charge in [0.25, 0.3) is 0 Å². The van der Waals surface area contributed by atoms with Crippen molar-refractivity contribution in [2.75, 3.05) is 0 Å². The van der Waals surface area contributed by atoms with E-state index < -0.39 is 0 Å². The van der Waals surface area contributed by atoms with Crippen LogP contribution in [-0.4, -0.2) is 15.3 Å². The maximum absolute atomic E-state index is 13.3. The number of hydrogen-bond donors (Lipinski definition) is 1. The summed E-state index contributed by atoms with van der Waals surface area (Å²) in [7, 11) is 0. The van der Waals surface area contributed by atoms with Crippen molar-refractivity contribution in [3.8, 4) is 0 Å². The zero-order valence-electron chi connectivity index (χ0n) is 14.7. The van der Waals surface area contributed by atoms with E-state index in [-0.39, 0.29) is 29.6 Å². The van der Waals surface area contributed by atoms with Crippen LogP contribution in [0.3, 0.4) is 0 Å². The number of rotatable bonds is 4. The fourth-order valence-corrected chi connectivity index (χ4v) is 3.65. The molecule has 0 spiro atoms. The summed E-state index contributed by atoms with van der Waals surface area (Å²) in [6.45, 7) is 1.87. The number of aromatic nitrogens is 2. The van der Waals surface area contributed by atoms with Crippen molar-refractivity contribution in [3.05, 3.63) is 72.3 Å². The Hall–Kier alpha value is -3.15. The third-order valence-electron chi connectivity index (χ3n) is 5.21. The van der Waals surface area contributed by atoms with Crippen LogP contribution in [0.4, 0.5) is 4.39 Å². The van der Waals surface area contributed by atoms with Gasteiger partial charge in [0.1, 0.15) is 23.0 Å². The molecule has 0 saturated heterocycles. The van der Waals surface area contributed by atoms with Gasteiger partial charge in [-0.25, -0.2) is 9.37 Å². The van der Waals surface area contributed by atoms with Crippen LogP contribution in [0, 0.1) is 11.7 Å². The van der Waals surface area contributed by atoms with Gasteiger partial charge in [0.15, 0.2) is 0 Å². The number of furan rings is 1. The van der Waals surface area contributed by atoms with Crippen LogP contribution in [-0.2, 0) is 4.79 Å². The molecule has 6 heteroatoms. The van der Waals surface area contributed by atoms with Gasteiger partial charge >= 0.3 is 0 Å². The topological polar surface area (TPSA) is 59.5 Å². The second-order valence-electron chi connectivity index (χ2n) is 7.12. The Morgan fingerprint density at radius 3 is 3.11 bits per heavy atom. The Balaban J connectivity index is 1.30.